The molecular formula is C9H14O3S. The maximum Gasteiger partial charge on any atom is 0.293 e. The molecule has 0 saturated carbocycles. The molecule has 0 aliphatic carbocycles. The van der Waals surface area contributed by atoms with Gasteiger partial charge in [-0.2, -0.15) is 0 Å². The molecule has 74 valence electrons. The minimum atomic E-state index is -0.738. The van der Waals surface area contributed by atoms with Crippen LogP contribution in [0.4, 0.5) is 0 Å². The molecule has 0 amide bonds. The molecule has 0 heterocycles. The molecular weight excluding hydrogens is 188 g/mol. The van der Waals surface area contributed by atoms with Gasteiger partial charge in [-0.05, 0) is 19.9 Å². The molecule has 0 aliphatic heterocycles. The number of rotatable bonds is 5. The molecule has 0 fully saturated rings. The summed E-state index contributed by atoms with van der Waals surface area (Å²) in [5.41, 5.74) is 0. The van der Waals surface area contributed by atoms with Gasteiger partial charge in [-0.3, -0.25) is 4.79 Å². The van der Waals surface area contributed by atoms with Gasteiger partial charge in [0, 0.05) is 4.91 Å². The van der Waals surface area contributed by atoms with Crippen LogP contribution >= 0.6 is 12.6 Å². The normalized spacial score (nSPS) is 17.1. The van der Waals surface area contributed by atoms with E-state index in [0.717, 1.165) is 0 Å². The number of ether oxygens (including phenoxy) is 1. The van der Waals surface area contributed by atoms with Crippen molar-refractivity contribution in [2.45, 2.75) is 26.1 Å². The van der Waals surface area contributed by atoms with E-state index in [1.165, 1.54) is 0 Å². The van der Waals surface area contributed by atoms with Crippen LogP contribution in [0.5, 0.6) is 0 Å². The number of hydrogen-bond donors (Lipinski definition) is 2. The Bertz CT molecular complexity index is 209. The number of aliphatic hydroxyl groups excluding tert-OH is 1. The van der Waals surface area contributed by atoms with E-state index in [2.05, 4.69) is 17.4 Å². The molecule has 0 aromatic rings. The molecule has 2 atom stereocenters. The maximum absolute atomic E-state index is 10.1. The highest BCUT2D eigenvalue weighted by Crippen LogP contribution is 2.08. The van der Waals surface area contributed by atoms with Gasteiger partial charge in [0.2, 0.25) is 0 Å². The van der Waals surface area contributed by atoms with Crippen molar-refractivity contribution in [3.05, 3.63) is 23.1 Å². The van der Waals surface area contributed by atoms with Gasteiger partial charge in [-0.1, -0.05) is 12.2 Å². The lowest BCUT2D eigenvalue weighted by Crippen LogP contribution is -2.23. The van der Waals surface area contributed by atoms with E-state index in [1.807, 2.05) is 6.92 Å². The number of carbonyl (C=O) groups is 1. The Hall–Kier alpha value is -0.740. The highest BCUT2D eigenvalue weighted by molar-refractivity contribution is 7.84. The van der Waals surface area contributed by atoms with Gasteiger partial charge in [-0.25, -0.2) is 0 Å². The largest absolute Gasteiger partial charge is 0.458 e. The van der Waals surface area contributed by atoms with Crippen LogP contribution in [0.1, 0.15) is 13.8 Å². The summed E-state index contributed by atoms with van der Waals surface area (Å²) in [5, 5.41) is 9.17. The van der Waals surface area contributed by atoms with Crippen LogP contribution in [-0.2, 0) is 9.53 Å². The molecule has 0 saturated heterocycles. The molecule has 0 aromatic carbocycles. The summed E-state index contributed by atoms with van der Waals surface area (Å²) in [6.07, 6.45) is 3.74. The Balaban J connectivity index is 4.38. The highest BCUT2D eigenvalue weighted by atomic mass is 32.1. The number of carbonyl (C=O) groups excluding carboxylic acids is 1. The minimum Gasteiger partial charge on any atom is -0.458 e. The standard InChI is InChI=1S/C9H14O3S/c1-3-4-8(13)5-9(7(2)11)12-6-10/h3-7,9,11,13H,1-2H3/b4-3+,8-5-. The van der Waals surface area contributed by atoms with Gasteiger partial charge in [-0.15, -0.1) is 12.6 Å². The van der Waals surface area contributed by atoms with Crippen LogP contribution in [0.15, 0.2) is 23.1 Å². The predicted molar refractivity (Wildman–Crippen MR) is 54.5 cm³/mol. The van der Waals surface area contributed by atoms with Crippen molar-refractivity contribution in [1.82, 2.24) is 0 Å². The minimum absolute atomic E-state index is 0.310. The second-order valence-electron chi connectivity index (χ2n) is 2.53. The first kappa shape index (κ1) is 12.3. The zero-order chi connectivity index (χ0) is 10.3. The molecule has 3 nitrogen and oxygen atoms in total. The zero-order valence-electron chi connectivity index (χ0n) is 7.68. The van der Waals surface area contributed by atoms with Crippen LogP contribution in [-0.4, -0.2) is 23.8 Å². The van der Waals surface area contributed by atoms with Crippen LogP contribution < -0.4 is 0 Å². The van der Waals surface area contributed by atoms with Crippen LogP contribution in [0.3, 0.4) is 0 Å². The molecule has 0 bridgehead atoms. The van der Waals surface area contributed by atoms with Gasteiger partial charge in [0.05, 0.1) is 6.10 Å². The Kier molecular flexibility index (Phi) is 6.36. The van der Waals surface area contributed by atoms with E-state index in [0.29, 0.717) is 11.4 Å². The molecule has 0 aliphatic rings. The first-order valence-electron chi connectivity index (χ1n) is 3.92. The van der Waals surface area contributed by atoms with Gasteiger partial charge < -0.3 is 9.84 Å². The Morgan fingerprint density at radius 3 is 2.62 bits per heavy atom. The van der Waals surface area contributed by atoms with Gasteiger partial charge in [0.25, 0.3) is 6.47 Å². The topological polar surface area (TPSA) is 46.5 Å². The van der Waals surface area contributed by atoms with Crippen molar-refractivity contribution in [3.8, 4) is 0 Å². The van der Waals surface area contributed by atoms with Gasteiger partial charge >= 0.3 is 0 Å². The summed E-state index contributed by atoms with van der Waals surface area (Å²) < 4.78 is 4.63. The third-order valence-corrected chi connectivity index (χ3v) is 1.66. The fraction of sp³-hybridized carbons (Fsp3) is 0.444. The summed E-state index contributed by atoms with van der Waals surface area (Å²) in [6, 6.07) is 0. The third-order valence-electron chi connectivity index (χ3n) is 1.36. The summed E-state index contributed by atoms with van der Waals surface area (Å²) in [4.78, 5) is 10.7. The van der Waals surface area contributed by atoms with Crippen molar-refractivity contribution >= 4 is 19.1 Å². The highest BCUT2D eigenvalue weighted by Gasteiger charge is 2.12. The number of hydrogen-bond acceptors (Lipinski definition) is 4. The quantitative estimate of drug-likeness (QED) is 0.401. The SMILES string of the molecule is C/C=C/C(S)=C/C(OC=O)C(C)O. The molecule has 0 spiro atoms. The van der Waals surface area contributed by atoms with Crippen molar-refractivity contribution in [3.63, 3.8) is 0 Å². The summed E-state index contributed by atoms with van der Waals surface area (Å²) in [7, 11) is 0. The molecule has 13 heavy (non-hydrogen) atoms. The lowest BCUT2D eigenvalue weighted by molar-refractivity contribution is -0.135. The predicted octanol–water partition coefficient (Wildman–Crippen LogP) is 1.30. The average Bonchev–Trinajstić information content (AvgIpc) is 2.04. The summed E-state index contributed by atoms with van der Waals surface area (Å²) in [6.45, 7) is 3.70. The maximum atomic E-state index is 10.1. The first-order chi connectivity index (χ1) is 6.11. The monoisotopic (exact) mass is 202 g/mol. The lowest BCUT2D eigenvalue weighted by atomic mass is 10.2. The Labute approximate surface area is 83.5 Å². The molecule has 0 rings (SSSR count). The molecule has 1 N–H and O–H groups in total. The smallest absolute Gasteiger partial charge is 0.293 e. The summed E-state index contributed by atoms with van der Waals surface area (Å²) >= 11 is 4.10. The molecule has 2 unspecified atom stereocenters. The lowest BCUT2D eigenvalue weighted by Gasteiger charge is -2.13. The van der Waals surface area contributed by atoms with Crippen molar-refractivity contribution in [2.75, 3.05) is 0 Å². The first-order valence-corrected chi connectivity index (χ1v) is 4.37. The second-order valence-corrected chi connectivity index (χ2v) is 3.05. The Morgan fingerprint density at radius 2 is 2.23 bits per heavy atom. The van der Waals surface area contributed by atoms with Crippen molar-refractivity contribution in [2.24, 2.45) is 0 Å². The van der Waals surface area contributed by atoms with Crippen LogP contribution in [0, 0.1) is 0 Å². The van der Waals surface area contributed by atoms with E-state index in [1.54, 1.807) is 25.2 Å². The van der Waals surface area contributed by atoms with Crippen molar-refractivity contribution in [1.29, 1.82) is 0 Å². The fourth-order valence-corrected chi connectivity index (χ4v) is 1.05. The molecule has 0 radical (unpaired) electrons. The number of allylic oxidation sites excluding steroid dienone is 2. The summed E-state index contributed by atoms with van der Waals surface area (Å²) in [5.74, 6) is 0. The van der Waals surface area contributed by atoms with E-state index >= 15 is 0 Å². The molecule has 0 aromatic heterocycles. The second kappa shape index (κ2) is 6.74. The van der Waals surface area contributed by atoms with Gasteiger partial charge in [0.15, 0.2) is 0 Å². The number of aliphatic hydroxyl groups is 1. The van der Waals surface area contributed by atoms with E-state index in [-0.39, 0.29) is 0 Å². The Morgan fingerprint density at radius 1 is 1.62 bits per heavy atom. The van der Waals surface area contributed by atoms with E-state index < -0.39 is 12.2 Å². The van der Waals surface area contributed by atoms with Crippen molar-refractivity contribution < 1.29 is 14.6 Å². The third kappa shape index (κ3) is 5.49. The zero-order valence-corrected chi connectivity index (χ0v) is 8.57. The average molecular weight is 202 g/mol. The van der Waals surface area contributed by atoms with Gasteiger partial charge in [0.1, 0.15) is 6.10 Å². The van der Waals surface area contributed by atoms with E-state index in [9.17, 15) is 9.90 Å². The molecule has 4 heteroatoms. The number of thiol groups is 1. The fourth-order valence-electron chi connectivity index (χ4n) is 0.751. The van der Waals surface area contributed by atoms with Crippen LogP contribution in [0.2, 0.25) is 0 Å². The van der Waals surface area contributed by atoms with Crippen LogP contribution in [0.25, 0.3) is 0 Å². The van der Waals surface area contributed by atoms with E-state index in [4.69, 9.17) is 0 Å².